The summed E-state index contributed by atoms with van der Waals surface area (Å²) < 4.78 is 19.6. The first-order valence-electron chi connectivity index (χ1n) is 8.16. The summed E-state index contributed by atoms with van der Waals surface area (Å²) in [4.78, 5) is 25.9. The Kier molecular flexibility index (Phi) is 5.09. The molecule has 26 heavy (non-hydrogen) atoms. The third-order valence-electron chi connectivity index (χ3n) is 3.85. The zero-order chi connectivity index (χ0) is 18.8. The van der Waals surface area contributed by atoms with E-state index in [4.69, 9.17) is 16.3 Å². The molecule has 3 rings (SSSR count). The van der Waals surface area contributed by atoms with E-state index in [0.717, 1.165) is 4.90 Å². The summed E-state index contributed by atoms with van der Waals surface area (Å²) in [6.07, 6.45) is 0. The Balaban J connectivity index is 1.90. The van der Waals surface area contributed by atoms with Crippen LogP contribution >= 0.6 is 11.6 Å². The number of benzene rings is 2. The van der Waals surface area contributed by atoms with Gasteiger partial charge in [-0.2, -0.15) is 0 Å². The third kappa shape index (κ3) is 3.35. The molecule has 1 heterocycles. The number of rotatable bonds is 5. The molecular weight excluding hydrogens is 357 g/mol. The van der Waals surface area contributed by atoms with E-state index in [1.807, 2.05) is 13.8 Å². The highest BCUT2D eigenvalue weighted by Gasteiger charge is 2.40. The molecule has 0 saturated heterocycles. The van der Waals surface area contributed by atoms with Crippen LogP contribution in [0.3, 0.4) is 0 Å². The van der Waals surface area contributed by atoms with Crippen molar-refractivity contribution in [3.63, 3.8) is 0 Å². The molecule has 0 aliphatic carbocycles. The van der Waals surface area contributed by atoms with E-state index >= 15 is 0 Å². The lowest BCUT2D eigenvalue weighted by Gasteiger charge is -2.15. The summed E-state index contributed by atoms with van der Waals surface area (Å²) >= 11 is 6.11. The number of halogens is 2. The number of amides is 2. The average Bonchev–Trinajstić information content (AvgIpc) is 2.84. The molecule has 2 aromatic carbocycles. The molecule has 0 fully saturated rings. The van der Waals surface area contributed by atoms with Crippen LogP contribution in [-0.2, 0) is 9.59 Å². The van der Waals surface area contributed by atoms with Gasteiger partial charge in [0.1, 0.15) is 16.6 Å². The molecule has 0 saturated carbocycles. The van der Waals surface area contributed by atoms with Crippen molar-refractivity contribution in [1.82, 2.24) is 0 Å². The number of ether oxygens (including phenoxy) is 1. The molecule has 1 aliphatic rings. The standard InChI is InChI=1S/C20H17ClFNO3/c1-12(2)11-26-14-9-7-13(8-10-14)17-18(21)20(25)23(19(17)24)16-6-4-3-5-15(16)22/h3-10,12H,11H2,1-2H3. The number of hydrogen-bond donors (Lipinski definition) is 0. The van der Waals surface area contributed by atoms with E-state index in [2.05, 4.69) is 0 Å². The minimum Gasteiger partial charge on any atom is -0.493 e. The van der Waals surface area contributed by atoms with Gasteiger partial charge in [-0.15, -0.1) is 0 Å². The van der Waals surface area contributed by atoms with E-state index < -0.39 is 17.6 Å². The lowest BCUT2D eigenvalue weighted by Crippen LogP contribution is -2.31. The fourth-order valence-corrected chi connectivity index (χ4v) is 2.86. The van der Waals surface area contributed by atoms with E-state index in [0.29, 0.717) is 23.8 Å². The van der Waals surface area contributed by atoms with E-state index in [1.165, 1.54) is 18.2 Å². The highest BCUT2D eigenvalue weighted by atomic mass is 35.5. The molecule has 6 heteroatoms. The molecule has 0 atom stereocenters. The molecule has 0 aromatic heterocycles. The van der Waals surface area contributed by atoms with Gasteiger partial charge in [0.15, 0.2) is 0 Å². The summed E-state index contributed by atoms with van der Waals surface area (Å²) in [5.74, 6) is -1.02. The first-order valence-corrected chi connectivity index (χ1v) is 8.54. The minimum atomic E-state index is -0.739. The molecule has 0 radical (unpaired) electrons. The lowest BCUT2D eigenvalue weighted by atomic mass is 10.1. The number of hydrogen-bond acceptors (Lipinski definition) is 3. The molecule has 0 bridgehead atoms. The summed E-state index contributed by atoms with van der Waals surface area (Å²) in [7, 11) is 0. The van der Waals surface area contributed by atoms with Crippen molar-refractivity contribution in [3.8, 4) is 5.75 Å². The van der Waals surface area contributed by atoms with Gasteiger partial charge in [0, 0.05) is 0 Å². The SMILES string of the molecule is CC(C)COc1ccc(C2=C(Cl)C(=O)N(c3ccccc3F)C2=O)cc1. The number of nitrogens with zero attached hydrogens (tertiary/aromatic N) is 1. The van der Waals surface area contributed by atoms with Gasteiger partial charge >= 0.3 is 0 Å². The zero-order valence-corrected chi connectivity index (χ0v) is 15.1. The zero-order valence-electron chi connectivity index (χ0n) is 14.3. The monoisotopic (exact) mass is 373 g/mol. The highest BCUT2D eigenvalue weighted by molar-refractivity contribution is 6.60. The molecule has 1 aliphatic heterocycles. The summed E-state index contributed by atoms with van der Waals surface area (Å²) in [5.41, 5.74) is 0.409. The minimum absolute atomic E-state index is 0.0512. The van der Waals surface area contributed by atoms with Crippen LogP contribution in [0.25, 0.3) is 5.57 Å². The van der Waals surface area contributed by atoms with Gasteiger partial charge in [0.2, 0.25) is 0 Å². The van der Waals surface area contributed by atoms with E-state index in [-0.39, 0.29) is 16.3 Å². The van der Waals surface area contributed by atoms with Crippen LogP contribution in [0.15, 0.2) is 53.6 Å². The quantitative estimate of drug-likeness (QED) is 0.730. The summed E-state index contributed by atoms with van der Waals surface area (Å²) in [6, 6.07) is 12.3. The Morgan fingerprint density at radius 2 is 1.69 bits per heavy atom. The molecule has 4 nitrogen and oxygen atoms in total. The maximum atomic E-state index is 14.0. The maximum absolute atomic E-state index is 14.0. The fourth-order valence-electron chi connectivity index (χ4n) is 2.59. The largest absolute Gasteiger partial charge is 0.493 e. The van der Waals surface area contributed by atoms with Gasteiger partial charge in [-0.3, -0.25) is 9.59 Å². The van der Waals surface area contributed by atoms with Crippen LogP contribution in [0.5, 0.6) is 5.75 Å². The van der Waals surface area contributed by atoms with Crippen molar-refractivity contribution in [2.24, 2.45) is 5.92 Å². The fraction of sp³-hybridized carbons (Fsp3) is 0.200. The average molecular weight is 374 g/mol. The van der Waals surface area contributed by atoms with Gasteiger partial charge in [0.25, 0.3) is 11.8 Å². The third-order valence-corrected chi connectivity index (χ3v) is 4.20. The predicted molar refractivity (Wildman–Crippen MR) is 98.4 cm³/mol. The van der Waals surface area contributed by atoms with Crippen LogP contribution in [0, 0.1) is 11.7 Å². The first kappa shape index (κ1) is 18.1. The smallest absolute Gasteiger partial charge is 0.277 e. The van der Waals surface area contributed by atoms with E-state index in [1.54, 1.807) is 30.3 Å². The number of carbonyl (C=O) groups is 2. The number of carbonyl (C=O) groups excluding carboxylic acids is 2. The maximum Gasteiger partial charge on any atom is 0.277 e. The molecule has 0 N–H and O–H groups in total. The van der Waals surface area contributed by atoms with Crippen molar-refractivity contribution < 1.29 is 18.7 Å². The van der Waals surface area contributed by atoms with Crippen LogP contribution in [0.2, 0.25) is 0 Å². The second kappa shape index (κ2) is 7.30. The Morgan fingerprint density at radius 3 is 2.31 bits per heavy atom. The second-order valence-electron chi connectivity index (χ2n) is 6.32. The summed E-state index contributed by atoms with van der Waals surface area (Å²) in [5, 5.41) is -0.228. The van der Waals surface area contributed by atoms with Crippen LogP contribution in [0.1, 0.15) is 19.4 Å². The molecule has 0 unspecified atom stereocenters. The Morgan fingerprint density at radius 1 is 1.04 bits per heavy atom. The van der Waals surface area contributed by atoms with Gasteiger partial charge in [-0.1, -0.05) is 49.7 Å². The van der Waals surface area contributed by atoms with Gasteiger partial charge in [0.05, 0.1) is 17.9 Å². The predicted octanol–water partition coefficient (Wildman–Crippen LogP) is 4.38. The summed E-state index contributed by atoms with van der Waals surface area (Å²) in [6.45, 7) is 4.65. The Hall–Kier alpha value is -2.66. The topological polar surface area (TPSA) is 46.6 Å². The van der Waals surface area contributed by atoms with Crippen LogP contribution < -0.4 is 9.64 Å². The number of imide groups is 1. The molecule has 2 aromatic rings. The van der Waals surface area contributed by atoms with Crippen molar-refractivity contribution in [2.45, 2.75) is 13.8 Å². The van der Waals surface area contributed by atoms with Crippen LogP contribution in [-0.4, -0.2) is 18.4 Å². The molecule has 134 valence electrons. The molecule has 0 spiro atoms. The van der Waals surface area contributed by atoms with Gasteiger partial charge < -0.3 is 4.74 Å². The van der Waals surface area contributed by atoms with Gasteiger partial charge in [-0.25, -0.2) is 9.29 Å². The molecule has 2 amide bonds. The lowest BCUT2D eigenvalue weighted by molar-refractivity contribution is -0.119. The number of anilines is 1. The second-order valence-corrected chi connectivity index (χ2v) is 6.69. The van der Waals surface area contributed by atoms with Crippen molar-refractivity contribution >= 4 is 34.7 Å². The van der Waals surface area contributed by atoms with Crippen molar-refractivity contribution in [2.75, 3.05) is 11.5 Å². The van der Waals surface area contributed by atoms with Gasteiger partial charge in [-0.05, 0) is 35.7 Å². The Labute approximate surface area is 155 Å². The first-order chi connectivity index (χ1) is 12.4. The normalized spacial score (nSPS) is 14.6. The highest BCUT2D eigenvalue weighted by Crippen LogP contribution is 2.36. The van der Waals surface area contributed by atoms with E-state index in [9.17, 15) is 14.0 Å². The molecular formula is C20H17ClFNO3. The van der Waals surface area contributed by atoms with Crippen LogP contribution in [0.4, 0.5) is 10.1 Å². The van der Waals surface area contributed by atoms with Crippen molar-refractivity contribution in [1.29, 1.82) is 0 Å². The Bertz CT molecular complexity index is 890. The number of para-hydroxylation sites is 1. The van der Waals surface area contributed by atoms with Crippen molar-refractivity contribution in [3.05, 3.63) is 64.9 Å².